The van der Waals surface area contributed by atoms with Crippen molar-refractivity contribution in [2.24, 2.45) is 5.73 Å². The lowest BCUT2D eigenvalue weighted by atomic mass is 10.3. The van der Waals surface area contributed by atoms with Gasteiger partial charge in [0.25, 0.3) is 5.92 Å². The van der Waals surface area contributed by atoms with Crippen molar-refractivity contribution in [3.05, 3.63) is 18.5 Å². The second-order valence-electron chi connectivity index (χ2n) is 2.93. The normalized spacial score (nSPS) is 13.0. The van der Waals surface area contributed by atoms with Gasteiger partial charge in [0.15, 0.2) is 0 Å². The SMILES string of the molecule is NCC(F)(F)CNS(=O)(=O)c1cc[nH]c1. The number of halogens is 2. The van der Waals surface area contributed by atoms with E-state index in [0.717, 1.165) is 0 Å². The molecule has 0 aliphatic carbocycles. The number of hydrogen-bond donors (Lipinski definition) is 3. The van der Waals surface area contributed by atoms with Gasteiger partial charge in [-0.05, 0) is 6.07 Å². The lowest BCUT2D eigenvalue weighted by Crippen LogP contribution is -2.41. The van der Waals surface area contributed by atoms with Crippen molar-refractivity contribution < 1.29 is 17.2 Å². The Bertz CT molecular complexity index is 402. The second-order valence-corrected chi connectivity index (χ2v) is 4.70. The summed E-state index contributed by atoms with van der Waals surface area (Å²) in [6.45, 7) is -1.90. The zero-order chi connectivity index (χ0) is 11.5. The van der Waals surface area contributed by atoms with Crippen LogP contribution in [-0.2, 0) is 10.0 Å². The maximum absolute atomic E-state index is 12.7. The van der Waals surface area contributed by atoms with E-state index >= 15 is 0 Å². The maximum atomic E-state index is 12.7. The molecule has 0 aromatic carbocycles. The number of H-pyrrole nitrogens is 1. The van der Waals surface area contributed by atoms with Crippen molar-refractivity contribution in [3.8, 4) is 0 Å². The Labute approximate surface area is 85.7 Å². The van der Waals surface area contributed by atoms with Gasteiger partial charge in [0.2, 0.25) is 10.0 Å². The van der Waals surface area contributed by atoms with Gasteiger partial charge in [0.1, 0.15) is 0 Å². The average molecular weight is 239 g/mol. The predicted molar refractivity (Wildman–Crippen MR) is 50.0 cm³/mol. The van der Waals surface area contributed by atoms with E-state index in [4.69, 9.17) is 5.73 Å². The molecule has 0 aliphatic rings. The van der Waals surface area contributed by atoms with Crippen LogP contribution >= 0.6 is 0 Å². The van der Waals surface area contributed by atoms with Gasteiger partial charge in [-0.15, -0.1) is 0 Å². The summed E-state index contributed by atoms with van der Waals surface area (Å²) in [5.74, 6) is -3.23. The Balaban J connectivity index is 2.67. The molecule has 1 heterocycles. The summed E-state index contributed by atoms with van der Waals surface area (Å²) in [7, 11) is -3.88. The fourth-order valence-electron chi connectivity index (χ4n) is 0.832. The lowest BCUT2D eigenvalue weighted by molar-refractivity contribution is 0.0170. The number of sulfonamides is 1. The van der Waals surface area contributed by atoms with E-state index in [1.807, 2.05) is 0 Å². The molecule has 0 aliphatic heterocycles. The quantitative estimate of drug-likeness (QED) is 0.669. The third-order valence-corrected chi connectivity index (χ3v) is 3.10. The Hall–Kier alpha value is -0.990. The molecular weight excluding hydrogens is 228 g/mol. The molecule has 5 nitrogen and oxygen atoms in total. The Morgan fingerprint density at radius 3 is 2.67 bits per heavy atom. The first-order valence-electron chi connectivity index (χ1n) is 4.08. The molecule has 0 bridgehead atoms. The molecular formula is C7H11F2N3O2S. The van der Waals surface area contributed by atoms with Crippen LogP contribution in [0.5, 0.6) is 0 Å². The molecule has 0 saturated carbocycles. The van der Waals surface area contributed by atoms with Crippen LogP contribution in [0.3, 0.4) is 0 Å². The number of hydrogen-bond acceptors (Lipinski definition) is 3. The van der Waals surface area contributed by atoms with E-state index < -0.39 is 29.0 Å². The zero-order valence-corrected chi connectivity index (χ0v) is 8.52. The highest BCUT2D eigenvalue weighted by Crippen LogP contribution is 2.12. The average Bonchev–Trinajstić information content (AvgIpc) is 2.69. The molecule has 1 aromatic heterocycles. The van der Waals surface area contributed by atoms with Gasteiger partial charge in [-0.2, -0.15) is 0 Å². The Morgan fingerprint density at radius 2 is 2.20 bits per heavy atom. The summed E-state index contributed by atoms with van der Waals surface area (Å²) in [4.78, 5) is 2.43. The summed E-state index contributed by atoms with van der Waals surface area (Å²) in [6.07, 6.45) is 2.58. The third kappa shape index (κ3) is 3.26. The topological polar surface area (TPSA) is 88.0 Å². The van der Waals surface area contributed by atoms with Crippen LogP contribution < -0.4 is 10.5 Å². The van der Waals surface area contributed by atoms with Gasteiger partial charge in [-0.3, -0.25) is 0 Å². The number of aromatic nitrogens is 1. The van der Waals surface area contributed by atoms with Gasteiger partial charge in [0.05, 0.1) is 18.0 Å². The zero-order valence-electron chi connectivity index (χ0n) is 7.70. The van der Waals surface area contributed by atoms with Crippen LogP contribution in [-0.4, -0.2) is 32.4 Å². The molecule has 0 saturated heterocycles. The molecule has 1 rings (SSSR count). The fraction of sp³-hybridized carbons (Fsp3) is 0.429. The van der Waals surface area contributed by atoms with Crippen LogP contribution in [0.4, 0.5) is 8.78 Å². The number of alkyl halides is 2. The third-order valence-electron chi connectivity index (χ3n) is 1.70. The van der Waals surface area contributed by atoms with Crippen LogP contribution in [0.2, 0.25) is 0 Å². The molecule has 0 radical (unpaired) electrons. The van der Waals surface area contributed by atoms with Crippen LogP contribution in [0.1, 0.15) is 0 Å². The van der Waals surface area contributed by atoms with E-state index in [2.05, 4.69) is 4.98 Å². The van der Waals surface area contributed by atoms with Gasteiger partial charge >= 0.3 is 0 Å². The number of nitrogens with one attached hydrogen (secondary N) is 2. The molecule has 4 N–H and O–H groups in total. The van der Waals surface area contributed by atoms with E-state index in [1.165, 1.54) is 18.5 Å². The van der Waals surface area contributed by atoms with Crippen LogP contribution in [0, 0.1) is 0 Å². The first kappa shape index (κ1) is 12.1. The van der Waals surface area contributed by atoms with Crippen LogP contribution in [0.25, 0.3) is 0 Å². The van der Waals surface area contributed by atoms with E-state index in [9.17, 15) is 17.2 Å². The largest absolute Gasteiger partial charge is 0.366 e. The van der Waals surface area contributed by atoms with E-state index in [1.54, 1.807) is 4.72 Å². The number of nitrogens with two attached hydrogens (primary N) is 1. The van der Waals surface area contributed by atoms with Crippen molar-refractivity contribution in [1.29, 1.82) is 0 Å². The minimum atomic E-state index is -3.88. The van der Waals surface area contributed by atoms with Gasteiger partial charge in [-0.25, -0.2) is 21.9 Å². The summed E-state index contributed by atoms with van der Waals surface area (Å²) >= 11 is 0. The van der Waals surface area contributed by atoms with E-state index in [-0.39, 0.29) is 4.90 Å². The Morgan fingerprint density at radius 1 is 1.53 bits per heavy atom. The minimum Gasteiger partial charge on any atom is -0.366 e. The molecule has 0 spiro atoms. The predicted octanol–water partition coefficient (Wildman–Crippen LogP) is -0.113. The molecule has 0 unspecified atom stereocenters. The fourth-order valence-corrected chi connectivity index (χ4v) is 1.87. The maximum Gasteiger partial charge on any atom is 0.273 e. The van der Waals surface area contributed by atoms with Crippen molar-refractivity contribution in [3.63, 3.8) is 0 Å². The van der Waals surface area contributed by atoms with Crippen molar-refractivity contribution in [2.45, 2.75) is 10.8 Å². The molecule has 0 amide bonds. The molecule has 0 atom stereocenters. The van der Waals surface area contributed by atoms with Gasteiger partial charge in [-0.1, -0.05) is 0 Å². The molecule has 0 fully saturated rings. The summed E-state index contributed by atoms with van der Waals surface area (Å²) < 4.78 is 49.8. The number of rotatable bonds is 5. The van der Waals surface area contributed by atoms with E-state index in [0.29, 0.717) is 0 Å². The Kier molecular flexibility index (Phi) is 3.42. The van der Waals surface area contributed by atoms with Crippen LogP contribution in [0.15, 0.2) is 23.4 Å². The standard InChI is InChI=1S/C7H11F2N3O2S/c8-7(9,4-10)5-12-15(13,14)6-1-2-11-3-6/h1-3,11-12H,4-5,10H2. The van der Waals surface area contributed by atoms with Crippen molar-refractivity contribution in [2.75, 3.05) is 13.1 Å². The summed E-state index contributed by atoms with van der Waals surface area (Å²) in [6, 6.07) is 1.27. The smallest absolute Gasteiger partial charge is 0.273 e. The summed E-state index contributed by atoms with van der Waals surface area (Å²) in [5, 5.41) is 0. The molecule has 86 valence electrons. The second kappa shape index (κ2) is 4.25. The molecule has 8 heteroatoms. The molecule has 1 aromatic rings. The lowest BCUT2D eigenvalue weighted by Gasteiger charge is -2.14. The van der Waals surface area contributed by atoms with Crippen molar-refractivity contribution in [1.82, 2.24) is 9.71 Å². The highest BCUT2D eigenvalue weighted by Gasteiger charge is 2.29. The highest BCUT2D eigenvalue weighted by molar-refractivity contribution is 7.89. The monoisotopic (exact) mass is 239 g/mol. The first-order valence-corrected chi connectivity index (χ1v) is 5.56. The molecule has 15 heavy (non-hydrogen) atoms. The highest BCUT2D eigenvalue weighted by atomic mass is 32.2. The van der Waals surface area contributed by atoms with Gasteiger partial charge in [0, 0.05) is 12.4 Å². The number of aromatic amines is 1. The van der Waals surface area contributed by atoms with Gasteiger partial charge < -0.3 is 10.7 Å². The summed E-state index contributed by atoms with van der Waals surface area (Å²) in [5.41, 5.74) is 4.76. The first-order chi connectivity index (χ1) is 6.87. The minimum absolute atomic E-state index is 0.0877. The van der Waals surface area contributed by atoms with Crippen molar-refractivity contribution >= 4 is 10.0 Å².